The molecule has 0 spiro atoms. The summed E-state index contributed by atoms with van der Waals surface area (Å²) in [6.45, 7) is 2.61. The molecule has 2 nitrogen and oxygen atoms in total. The molecule has 0 radical (unpaired) electrons. The summed E-state index contributed by atoms with van der Waals surface area (Å²) in [5, 5.41) is 5.12. The largest absolute Gasteiger partial charge is 0.356 e. The predicted octanol–water partition coefficient (Wildman–Crippen LogP) is 4.81. The van der Waals surface area contributed by atoms with Crippen LogP contribution in [0, 0.1) is 5.82 Å². The molecule has 0 saturated carbocycles. The molecule has 0 fully saturated rings. The SMILES string of the molecule is C[C@H](NCc1[nH]c2ccccc2c1Cl)c1cccc(F)c1. The average molecular weight is 303 g/mol. The maximum absolute atomic E-state index is 13.2. The van der Waals surface area contributed by atoms with E-state index in [0.29, 0.717) is 6.54 Å². The molecule has 0 saturated heterocycles. The normalized spacial score (nSPS) is 12.7. The molecule has 0 bridgehead atoms. The first-order valence-electron chi connectivity index (χ1n) is 6.89. The Morgan fingerprint density at radius 2 is 2.00 bits per heavy atom. The maximum atomic E-state index is 13.2. The summed E-state index contributed by atoms with van der Waals surface area (Å²) < 4.78 is 13.2. The first kappa shape index (κ1) is 14.1. The van der Waals surface area contributed by atoms with Gasteiger partial charge in [0.15, 0.2) is 0 Å². The summed E-state index contributed by atoms with van der Waals surface area (Å²) in [6, 6.07) is 14.6. The van der Waals surface area contributed by atoms with Crippen molar-refractivity contribution in [3.05, 3.63) is 70.6 Å². The van der Waals surface area contributed by atoms with Crippen molar-refractivity contribution in [2.75, 3.05) is 0 Å². The van der Waals surface area contributed by atoms with Crippen molar-refractivity contribution >= 4 is 22.5 Å². The Labute approximate surface area is 127 Å². The number of hydrogen-bond acceptors (Lipinski definition) is 1. The Morgan fingerprint density at radius 3 is 2.76 bits per heavy atom. The van der Waals surface area contributed by atoms with Crippen molar-refractivity contribution in [3.8, 4) is 0 Å². The highest BCUT2D eigenvalue weighted by Gasteiger charge is 2.11. The first-order valence-corrected chi connectivity index (χ1v) is 7.27. The number of H-pyrrole nitrogens is 1. The fraction of sp³-hybridized carbons (Fsp3) is 0.176. The lowest BCUT2D eigenvalue weighted by Gasteiger charge is -2.14. The maximum Gasteiger partial charge on any atom is 0.123 e. The van der Waals surface area contributed by atoms with Gasteiger partial charge in [0.05, 0.1) is 5.02 Å². The highest BCUT2D eigenvalue weighted by Crippen LogP contribution is 2.27. The van der Waals surface area contributed by atoms with Crippen LogP contribution in [0.2, 0.25) is 5.02 Å². The highest BCUT2D eigenvalue weighted by atomic mass is 35.5. The summed E-state index contributed by atoms with van der Waals surface area (Å²) in [4.78, 5) is 3.31. The third-order valence-corrected chi connectivity index (χ3v) is 4.08. The molecule has 0 unspecified atom stereocenters. The van der Waals surface area contributed by atoms with E-state index >= 15 is 0 Å². The topological polar surface area (TPSA) is 27.8 Å². The number of hydrogen-bond donors (Lipinski definition) is 2. The zero-order chi connectivity index (χ0) is 14.8. The molecular weight excluding hydrogens is 287 g/mol. The second-order valence-corrected chi connectivity index (χ2v) is 5.50. The van der Waals surface area contributed by atoms with Crippen LogP contribution in [0.4, 0.5) is 4.39 Å². The quantitative estimate of drug-likeness (QED) is 0.711. The van der Waals surface area contributed by atoms with Crippen LogP contribution in [0.5, 0.6) is 0 Å². The summed E-state index contributed by atoms with van der Waals surface area (Å²) in [5.74, 6) is -0.218. The van der Waals surface area contributed by atoms with E-state index < -0.39 is 0 Å². The van der Waals surface area contributed by atoms with Crippen LogP contribution in [0.25, 0.3) is 10.9 Å². The van der Waals surface area contributed by atoms with Crippen molar-refractivity contribution in [3.63, 3.8) is 0 Å². The van der Waals surface area contributed by atoms with E-state index in [-0.39, 0.29) is 11.9 Å². The fourth-order valence-electron chi connectivity index (χ4n) is 2.43. The Hall–Kier alpha value is -1.84. The lowest BCUT2D eigenvalue weighted by Crippen LogP contribution is -2.18. The molecule has 2 aromatic carbocycles. The van der Waals surface area contributed by atoms with Gasteiger partial charge in [0.25, 0.3) is 0 Å². The Bertz CT molecular complexity index is 766. The molecule has 1 aromatic heterocycles. The van der Waals surface area contributed by atoms with Crippen LogP contribution in [0.1, 0.15) is 24.2 Å². The molecule has 0 amide bonds. The van der Waals surface area contributed by atoms with E-state index in [2.05, 4.69) is 10.3 Å². The van der Waals surface area contributed by atoms with E-state index in [1.165, 1.54) is 6.07 Å². The lowest BCUT2D eigenvalue weighted by atomic mass is 10.1. The number of aromatic nitrogens is 1. The van der Waals surface area contributed by atoms with Crippen molar-refractivity contribution in [1.82, 2.24) is 10.3 Å². The minimum absolute atomic E-state index is 0.0446. The van der Waals surface area contributed by atoms with Gasteiger partial charge in [0.2, 0.25) is 0 Å². The Morgan fingerprint density at radius 1 is 1.19 bits per heavy atom. The number of benzene rings is 2. The van der Waals surface area contributed by atoms with Gasteiger partial charge in [0.1, 0.15) is 5.82 Å². The molecule has 0 aliphatic heterocycles. The number of rotatable bonds is 4. The van der Waals surface area contributed by atoms with Crippen LogP contribution in [0.15, 0.2) is 48.5 Å². The minimum Gasteiger partial charge on any atom is -0.356 e. The van der Waals surface area contributed by atoms with E-state index in [9.17, 15) is 4.39 Å². The Kier molecular flexibility index (Phi) is 3.95. The fourth-order valence-corrected chi connectivity index (χ4v) is 2.71. The second-order valence-electron chi connectivity index (χ2n) is 5.12. The standard InChI is InChI=1S/C17H16ClFN2/c1-11(12-5-4-6-13(19)9-12)20-10-16-17(18)14-7-2-3-8-15(14)21-16/h2-9,11,20-21H,10H2,1H3/t11-/m0/s1. The molecule has 4 heteroatoms. The third kappa shape index (κ3) is 2.94. The van der Waals surface area contributed by atoms with Gasteiger partial charge >= 0.3 is 0 Å². The number of fused-ring (bicyclic) bond motifs is 1. The average Bonchev–Trinajstić information content (AvgIpc) is 2.82. The summed E-state index contributed by atoms with van der Waals surface area (Å²) in [7, 11) is 0. The monoisotopic (exact) mass is 302 g/mol. The number of aromatic amines is 1. The second kappa shape index (κ2) is 5.88. The van der Waals surface area contributed by atoms with Gasteiger partial charge in [-0.1, -0.05) is 41.9 Å². The van der Waals surface area contributed by atoms with Gasteiger partial charge in [-0.2, -0.15) is 0 Å². The van der Waals surface area contributed by atoms with Crippen LogP contribution in [-0.4, -0.2) is 4.98 Å². The first-order chi connectivity index (χ1) is 10.1. The van der Waals surface area contributed by atoms with E-state index in [1.54, 1.807) is 12.1 Å². The summed E-state index contributed by atoms with van der Waals surface area (Å²) >= 11 is 6.38. The van der Waals surface area contributed by atoms with Crippen molar-refractivity contribution in [2.24, 2.45) is 0 Å². The number of para-hydroxylation sites is 1. The summed E-state index contributed by atoms with van der Waals surface area (Å²) in [5.41, 5.74) is 2.89. The van der Waals surface area contributed by atoms with Crippen molar-refractivity contribution in [1.29, 1.82) is 0 Å². The molecule has 3 rings (SSSR count). The van der Waals surface area contributed by atoms with E-state index in [1.807, 2.05) is 37.3 Å². The molecule has 1 atom stereocenters. The molecule has 108 valence electrons. The number of nitrogens with one attached hydrogen (secondary N) is 2. The molecule has 2 N–H and O–H groups in total. The zero-order valence-electron chi connectivity index (χ0n) is 11.7. The Balaban J connectivity index is 1.75. The van der Waals surface area contributed by atoms with Gasteiger partial charge in [-0.15, -0.1) is 0 Å². The molecule has 21 heavy (non-hydrogen) atoms. The van der Waals surface area contributed by atoms with Crippen molar-refractivity contribution in [2.45, 2.75) is 19.5 Å². The molecule has 1 heterocycles. The highest BCUT2D eigenvalue weighted by molar-refractivity contribution is 6.36. The van der Waals surface area contributed by atoms with Gasteiger partial charge < -0.3 is 10.3 Å². The van der Waals surface area contributed by atoms with Crippen LogP contribution in [0.3, 0.4) is 0 Å². The number of halogens is 2. The third-order valence-electron chi connectivity index (χ3n) is 3.65. The summed E-state index contributed by atoms with van der Waals surface area (Å²) in [6.07, 6.45) is 0. The van der Waals surface area contributed by atoms with Gasteiger partial charge in [0, 0.05) is 29.2 Å². The lowest BCUT2D eigenvalue weighted by molar-refractivity contribution is 0.561. The van der Waals surface area contributed by atoms with Gasteiger partial charge in [-0.3, -0.25) is 0 Å². The smallest absolute Gasteiger partial charge is 0.123 e. The molecular formula is C17H16ClFN2. The molecule has 0 aliphatic carbocycles. The van der Waals surface area contributed by atoms with Crippen LogP contribution in [-0.2, 0) is 6.54 Å². The predicted molar refractivity (Wildman–Crippen MR) is 85.0 cm³/mol. The van der Waals surface area contributed by atoms with Gasteiger partial charge in [-0.25, -0.2) is 4.39 Å². The van der Waals surface area contributed by atoms with E-state index in [0.717, 1.165) is 27.2 Å². The molecule has 0 aliphatic rings. The minimum atomic E-state index is -0.218. The molecule has 3 aromatic rings. The van der Waals surface area contributed by atoms with Gasteiger partial charge in [-0.05, 0) is 30.7 Å². The zero-order valence-corrected chi connectivity index (χ0v) is 12.4. The van der Waals surface area contributed by atoms with Crippen LogP contribution < -0.4 is 5.32 Å². The van der Waals surface area contributed by atoms with E-state index in [4.69, 9.17) is 11.6 Å². The van der Waals surface area contributed by atoms with Crippen LogP contribution >= 0.6 is 11.6 Å². The van der Waals surface area contributed by atoms with Crippen molar-refractivity contribution < 1.29 is 4.39 Å².